The molecule has 0 aromatic heterocycles. The Morgan fingerprint density at radius 3 is 1.50 bits per heavy atom. The van der Waals surface area contributed by atoms with Crippen LogP contribution in [0.15, 0.2) is 0 Å². The third kappa shape index (κ3) is 2.88. The summed E-state index contributed by atoms with van der Waals surface area (Å²) in [5.74, 6) is 0. The lowest BCUT2D eigenvalue weighted by Crippen LogP contribution is -1.91. The van der Waals surface area contributed by atoms with E-state index in [9.17, 15) is 0 Å². The molecule has 0 saturated carbocycles. The van der Waals surface area contributed by atoms with Gasteiger partial charge in [-0.1, -0.05) is 36.3 Å². The molecule has 0 aliphatic rings. The largest absolute Gasteiger partial charge is 0.0787 e. The Bertz CT molecular complexity index is 58.9. The van der Waals surface area contributed by atoms with Gasteiger partial charge in [0.1, 0.15) is 0 Å². The second-order valence-corrected chi connectivity index (χ2v) is 5.34. The van der Waals surface area contributed by atoms with Gasteiger partial charge in [-0.05, 0) is 0 Å². The molecule has 0 aliphatic heterocycles. The molecule has 36 valence electrons. The molecule has 0 aromatic carbocycles. The fraction of sp³-hybridized carbons (Fsp3) is 0.667. The topological polar surface area (TPSA) is 0 Å². The average molecular weight is 141 g/mol. The second kappa shape index (κ2) is 2.78. The van der Waals surface area contributed by atoms with E-state index in [2.05, 4.69) is 0 Å². The zero-order chi connectivity index (χ0) is 5.15. The molecule has 0 N–H and O–H groups in total. The van der Waals surface area contributed by atoms with Gasteiger partial charge in [-0.15, -0.1) is 0 Å². The van der Waals surface area contributed by atoms with Crippen molar-refractivity contribution in [2.45, 2.75) is 13.1 Å². The van der Waals surface area contributed by atoms with Crippen LogP contribution < -0.4 is 0 Å². The van der Waals surface area contributed by atoms with Crippen molar-refractivity contribution < 1.29 is 0 Å². The summed E-state index contributed by atoms with van der Waals surface area (Å²) in [7, 11) is -0.504. The lowest BCUT2D eigenvalue weighted by molar-refractivity contribution is 2.11. The first-order valence-electron chi connectivity index (χ1n) is 1.63. The molecule has 0 heterocycles. The highest BCUT2D eigenvalue weighted by molar-refractivity contribution is 7.13. The second-order valence-electron chi connectivity index (χ2n) is 1.26. The zero-order valence-corrected chi connectivity index (χ0v) is 6.27. The maximum Gasteiger partial charge on any atom is 0.0787 e. The summed E-state index contributed by atoms with van der Waals surface area (Å²) < 4.78 is 0.556. The standard InChI is InChI=1S/C3H6Cl2Si/c1-6(2)3(4)5/h1-2H3. The van der Waals surface area contributed by atoms with E-state index in [0.717, 1.165) is 0 Å². The van der Waals surface area contributed by atoms with E-state index in [0.29, 0.717) is 4.09 Å². The smallest absolute Gasteiger partial charge is 0.0773 e. The third-order valence-electron chi connectivity index (χ3n) is 0.378. The van der Waals surface area contributed by atoms with Gasteiger partial charge >= 0.3 is 0 Å². The predicted octanol–water partition coefficient (Wildman–Crippen LogP) is 1.89. The van der Waals surface area contributed by atoms with Crippen LogP contribution in [0.4, 0.5) is 0 Å². The van der Waals surface area contributed by atoms with Crippen LogP contribution in [0, 0.1) is 0 Å². The summed E-state index contributed by atoms with van der Waals surface area (Å²) in [6, 6.07) is 0. The molecule has 0 bridgehead atoms. The van der Waals surface area contributed by atoms with Crippen LogP contribution >= 0.6 is 23.2 Å². The molecular weight excluding hydrogens is 135 g/mol. The third-order valence-corrected chi connectivity index (χ3v) is 3.40. The normalized spacial score (nSPS) is 8.00. The Labute approximate surface area is 49.3 Å². The molecule has 0 aromatic rings. The molecule has 0 fully saturated rings. The summed E-state index contributed by atoms with van der Waals surface area (Å²) in [4.78, 5) is 0. The first kappa shape index (κ1) is 6.67. The number of hydrogen-bond donors (Lipinski definition) is 0. The van der Waals surface area contributed by atoms with Gasteiger partial charge in [0.05, 0.1) is 4.09 Å². The molecule has 0 spiro atoms. The zero-order valence-electron chi connectivity index (χ0n) is 3.76. The lowest BCUT2D eigenvalue weighted by Gasteiger charge is -1.80. The fourth-order valence-corrected chi connectivity index (χ4v) is 0. The van der Waals surface area contributed by atoms with E-state index in [1.165, 1.54) is 0 Å². The van der Waals surface area contributed by atoms with E-state index in [-0.39, 0.29) is 0 Å². The van der Waals surface area contributed by atoms with E-state index in [1.807, 2.05) is 13.1 Å². The van der Waals surface area contributed by atoms with Crippen molar-refractivity contribution in [2.24, 2.45) is 0 Å². The molecule has 0 radical (unpaired) electrons. The van der Waals surface area contributed by atoms with Crippen molar-refractivity contribution in [1.82, 2.24) is 0 Å². The average Bonchev–Trinajstić information content (AvgIpc) is 1.36. The molecule has 0 amide bonds. The highest BCUT2D eigenvalue weighted by Crippen LogP contribution is 1.88. The molecule has 0 atom stereocenters. The highest BCUT2D eigenvalue weighted by Gasteiger charge is 1.83. The Hall–Kier alpha value is 0.667. The van der Waals surface area contributed by atoms with Crippen molar-refractivity contribution in [1.29, 1.82) is 0 Å². The molecule has 3 heteroatoms. The van der Waals surface area contributed by atoms with Gasteiger partial charge in [0.2, 0.25) is 0 Å². The van der Waals surface area contributed by atoms with Gasteiger partial charge in [-0.2, -0.15) is 0 Å². The van der Waals surface area contributed by atoms with Gasteiger partial charge in [0.25, 0.3) is 0 Å². The van der Waals surface area contributed by atoms with Gasteiger partial charge in [-0.25, -0.2) is 0 Å². The van der Waals surface area contributed by atoms with Crippen molar-refractivity contribution >= 4 is 35.7 Å². The Balaban J connectivity index is 3.68. The minimum atomic E-state index is -0.504. The Morgan fingerprint density at radius 1 is 1.33 bits per heavy atom. The summed E-state index contributed by atoms with van der Waals surface area (Å²) in [5.41, 5.74) is 0. The van der Waals surface area contributed by atoms with E-state index < -0.39 is 8.41 Å². The van der Waals surface area contributed by atoms with Gasteiger partial charge in [0.15, 0.2) is 0 Å². The monoisotopic (exact) mass is 140 g/mol. The first-order chi connectivity index (χ1) is 2.64. The number of rotatable bonds is 0. The molecule has 6 heavy (non-hydrogen) atoms. The van der Waals surface area contributed by atoms with Crippen LogP contribution in [0.1, 0.15) is 0 Å². The quantitative estimate of drug-likeness (QED) is 0.452. The molecule has 0 nitrogen and oxygen atoms in total. The SMILES string of the molecule is C[Si](C)=C(Cl)Cl. The molecule has 0 unspecified atom stereocenters. The minimum Gasteiger partial charge on any atom is -0.0773 e. The maximum atomic E-state index is 5.34. The van der Waals surface area contributed by atoms with Crippen molar-refractivity contribution in [3.63, 3.8) is 0 Å². The van der Waals surface area contributed by atoms with Crippen LogP contribution in [-0.4, -0.2) is 12.5 Å². The summed E-state index contributed by atoms with van der Waals surface area (Å²) in [5, 5.41) is 0. The van der Waals surface area contributed by atoms with E-state index in [4.69, 9.17) is 23.2 Å². The first-order valence-corrected chi connectivity index (χ1v) is 4.88. The minimum absolute atomic E-state index is 0.504. The lowest BCUT2D eigenvalue weighted by atomic mass is 11.8. The van der Waals surface area contributed by atoms with Crippen molar-refractivity contribution in [3.05, 3.63) is 0 Å². The summed E-state index contributed by atoms with van der Waals surface area (Å²) in [6.45, 7) is 4.08. The fourth-order valence-electron chi connectivity index (χ4n) is 0. The van der Waals surface area contributed by atoms with Crippen LogP contribution in [0.5, 0.6) is 0 Å². The summed E-state index contributed by atoms with van der Waals surface area (Å²) in [6.07, 6.45) is 0. The summed E-state index contributed by atoms with van der Waals surface area (Å²) >= 11 is 10.7. The predicted molar refractivity (Wildman–Crippen MR) is 34.2 cm³/mol. The Kier molecular flexibility index (Phi) is 3.09. The van der Waals surface area contributed by atoms with Gasteiger partial charge < -0.3 is 0 Å². The highest BCUT2D eigenvalue weighted by atomic mass is 35.5. The molecular formula is C3H6Cl2Si. The van der Waals surface area contributed by atoms with Crippen molar-refractivity contribution in [3.8, 4) is 0 Å². The van der Waals surface area contributed by atoms with Gasteiger partial charge in [0, 0.05) is 8.41 Å². The number of halogens is 2. The van der Waals surface area contributed by atoms with E-state index >= 15 is 0 Å². The maximum absolute atomic E-state index is 5.34. The van der Waals surface area contributed by atoms with E-state index in [1.54, 1.807) is 0 Å². The van der Waals surface area contributed by atoms with Crippen LogP contribution in [0.3, 0.4) is 0 Å². The van der Waals surface area contributed by atoms with Crippen LogP contribution in [-0.2, 0) is 0 Å². The van der Waals surface area contributed by atoms with Crippen molar-refractivity contribution in [2.75, 3.05) is 0 Å². The Morgan fingerprint density at radius 2 is 1.50 bits per heavy atom. The molecule has 0 aliphatic carbocycles. The molecule has 0 saturated heterocycles. The molecule has 0 rings (SSSR count). The van der Waals surface area contributed by atoms with Crippen LogP contribution in [0.25, 0.3) is 0 Å². The number of hydrogen-bond acceptors (Lipinski definition) is 0. The van der Waals surface area contributed by atoms with Crippen LogP contribution in [0.2, 0.25) is 13.1 Å². The van der Waals surface area contributed by atoms with Gasteiger partial charge in [-0.3, -0.25) is 0 Å².